The summed E-state index contributed by atoms with van der Waals surface area (Å²) < 4.78 is 35.6. The molecule has 32 heavy (non-hydrogen) atoms. The Morgan fingerprint density at radius 3 is 2.44 bits per heavy atom. The highest BCUT2D eigenvalue weighted by Gasteiger charge is 2.35. The Hall–Kier alpha value is -2.54. The SMILES string of the molecule is CCOc1ccc(CN(C(=O)COc2cc(C)ccc2C(C)C)C2CCS(=O)(=O)C2)cc1. The van der Waals surface area contributed by atoms with Crippen molar-refractivity contribution in [3.8, 4) is 11.5 Å². The smallest absolute Gasteiger partial charge is 0.261 e. The van der Waals surface area contributed by atoms with Crippen molar-refractivity contribution in [2.24, 2.45) is 0 Å². The highest BCUT2D eigenvalue weighted by atomic mass is 32.2. The Bertz CT molecular complexity index is 1030. The van der Waals surface area contributed by atoms with Gasteiger partial charge < -0.3 is 14.4 Å². The van der Waals surface area contributed by atoms with Crippen LogP contribution >= 0.6 is 0 Å². The van der Waals surface area contributed by atoms with Crippen molar-refractivity contribution in [1.82, 2.24) is 4.90 Å². The van der Waals surface area contributed by atoms with Crippen LogP contribution in [0.2, 0.25) is 0 Å². The van der Waals surface area contributed by atoms with E-state index in [0.717, 1.165) is 22.4 Å². The van der Waals surface area contributed by atoms with E-state index in [1.807, 2.05) is 56.3 Å². The normalized spacial score (nSPS) is 17.3. The van der Waals surface area contributed by atoms with Crippen LogP contribution in [0.15, 0.2) is 42.5 Å². The third kappa shape index (κ3) is 6.25. The topological polar surface area (TPSA) is 72.9 Å². The van der Waals surface area contributed by atoms with Crippen LogP contribution in [-0.2, 0) is 21.2 Å². The zero-order chi connectivity index (χ0) is 23.3. The van der Waals surface area contributed by atoms with Crippen molar-refractivity contribution in [3.05, 3.63) is 59.2 Å². The van der Waals surface area contributed by atoms with Crippen LogP contribution in [0.5, 0.6) is 11.5 Å². The van der Waals surface area contributed by atoms with E-state index < -0.39 is 9.84 Å². The molecule has 1 fully saturated rings. The second-order valence-electron chi connectivity index (χ2n) is 8.64. The lowest BCUT2D eigenvalue weighted by Crippen LogP contribution is -2.43. The predicted molar refractivity (Wildman–Crippen MR) is 126 cm³/mol. The average molecular weight is 460 g/mol. The molecule has 1 unspecified atom stereocenters. The molecular weight excluding hydrogens is 426 g/mol. The van der Waals surface area contributed by atoms with Gasteiger partial charge >= 0.3 is 0 Å². The van der Waals surface area contributed by atoms with Crippen molar-refractivity contribution >= 4 is 15.7 Å². The minimum absolute atomic E-state index is 0.00252. The molecule has 1 heterocycles. The molecule has 1 amide bonds. The number of hydrogen-bond donors (Lipinski definition) is 0. The van der Waals surface area contributed by atoms with E-state index in [4.69, 9.17) is 9.47 Å². The molecule has 2 aromatic carbocycles. The third-order valence-corrected chi connectivity index (χ3v) is 7.45. The molecule has 0 aliphatic carbocycles. The molecule has 7 heteroatoms. The van der Waals surface area contributed by atoms with E-state index in [9.17, 15) is 13.2 Å². The first-order valence-electron chi connectivity index (χ1n) is 11.1. The van der Waals surface area contributed by atoms with Crippen LogP contribution in [0.3, 0.4) is 0 Å². The number of hydrogen-bond acceptors (Lipinski definition) is 5. The van der Waals surface area contributed by atoms with Gasteiger partial charge in [-0.3, -0.25) is 4.79 Å². The number of rotatable bonds is 9. The number of ether oxygens (including phenoxy) is 2. The van der Waals surface area contributed by atoms with E-state index in [-0.39, 0.29) is 36.0 Å². The lowest BCUT2D eigenvalue weighted by molar-refractivity contribution is -0.136. The summed E-state index contributed by atoms with van der Waals surface area (Å²) in [7, 11) is -3.13. The van der Waals surface area contributed by atoms with Crippen molar-refractivity contribution in [3.63, 3.8) is 0 Å². The van der Waals surface area contributed by atoms with E-state index in [0.29, 0.717) is 25.3 Å². The molecule has 0 spiro atoms. The first-order chi connectivity index (χ1) is 15.2. The second kappa shape index (κ2) is 10.4. The Morgan fingerprint density at radius 1 is 1.12 bits per heavy atom. The van der Waals surface area contributed by atoms with Crippen LogP contribution in [0.4, 0.5) is 0 Å². The molecule has 0 N–H and O–H groups in total. The predicted octanol–water partition coefficient (Wildman–Crippen LogP) is 4.11. The maximum atomic E-state index is 13.2. The largest absolute Gasteiger partial charge is 0.494 e. The summed E-state index contributed by atoms with van der Waals surface area (Å²) in [5.74, 6) is 1.63. The summed E-state index contributed by atoms with van der Waals surface area (Å²) in [5, 5.41) is 0. The van der Waals surface area contributed by atoms with Gasteiger partial charge in [-0.15, -0.1) is 0 Å². The van der Waals surface area contributed by atoms with Gasteiger partial charge in [0.15, 0.2) is 16.4 Å². The van der Waals surface area contributed by atoms with Gasteiger partial charge in [0.2, 0.25) is 0 Å². The van der Waals surface area contributed by atoms with E-state index >= 15 is 0 Å². The van der Waals surface area contributed by atoms with Crippen LogP contribution in [0.1, 0.15) is 49.8 Å². The van der Waals surface area contributed by atoms with Crippen molar-refractivity contribution < 1.29 is 22.7 Å². The second-order valence-corrected chi connectivity index (χ2v) is 10.9. The Labute approximate surface area is 191 Å². The minimum atomic E-state index is -3.13. The fourth-order valence-electron chi connectivity index (χ4n) is 3.96. The first-order valence-corrected chi connectivity index (χ1v) is 13.0. The van der Waals surface area contributed by atoms with Gasteiger partial charge in [-0.2, -0.15) is 0 Å². The number of aryl methyl sites for hydroxylation is 1. The molecule has 1 atom stereocenters. The quantitative estimate of drug-likeness (QED) is 0.564. The highest BCUT2D eigenvalue weighted by molar-refractivity contribution is 7.91. The van der Waals surface area contributed by atoms with Gasteiger partial charge in [0.25, 0.3) is 5.91 Å². The summed E-state index contributed by atoms with van der Waals surface area (Å²) in [6.07, 6.45) is 0.451. The molecule has 2 aromatic rings. The summed E-state index contributed by atoms with van der Waals surface area (Å²) in [4.78, 5) is 14.9. The van der Waals surface area contributed by atoms with E-state index in [1.54, 1.807) is 4.90 Å². The van der Waals surface area contributed by atoms with Crippen LogP contribution in [0.25, 0.3) is 0 Å². The fourth-order valence-corrected chi connectivity index (χ4v) is 5.69. The lowest BCUT2D eigenvalue weighted by atomic mass is 10.0. The van der Waals surface area contributed by atoms with Gasteiger partial charge in [0, 0.05) is 12.6 Å². The summed E-state index contributed by atoms with van der Waals surface area (Å²) in [6.45, 7) is 8.87. The maximum Gasteiger partial charge on any atom is 0.261 e. The zero-order valence-corrected chi connectivity index (χ0v) is 20.2. The molecule has 0 aromatic heterocycles. The minimum Gasteiger partial charge on any atom is -0.494 e. The van der Waals surface area contributed by atoms with Gasteiger partial charge in [-0.1, -0.05) is 38.1 Å². The lowest BCUT2D eigenvalue weighted by Gasteiger charge is -2.29. The first kappa shape index (κ1) is 24.1. The van der Waals surface area contributed by atoms with E-state index in [1.165, 1.54) is 0 Å². The zero-order valence-electron chi connectivity index (χ0n) is 19.3. The molecule has 1 aliphatic heterocycles. The molecule has 0 bridgehead atoms. The Morgan fingerprint density at radius 2 is 1.84 bits per heavy atom. The fraction of sp³-hybridized carbons (Fsp3) is 0.480. The number of sulfone groups is 1. The number of benzene rings is 2. The Kier molecular flexibility index (Phi) is 7.82. The van der Waals surface area contributed by atoms with E-state index in [2.05, 4.69) is 13.8 Å². The Balaban J connectivity index is 1.77. The summed E-state index contributed by atoms with van der Waals surface area (Å²) in [6, 6.07) is 13.2. The number of amides is 1. The summed E-state index contributed by atoms with van der Waals surface area (Å²) in [5.41, 5.74) is 3.03. The van der Waals surface area contributed by atoms with Crippen LogP contribution in [-0.4, -0.2) is 50.0 Å². The van der Waals surface area contributed by atoms with Crippen molar-refractivity contribution in [1.29, 1.82) is 0 Å². The highest BCUT2D eigenvalue weighted by Crippen LogP contribution is 2.28. The third-order valence-electron chi connectivity index (χ3n) is 5.70. The molecule has 0 radical (unpaired) electrons. The molecule has 6 nitrogen and oxygen atoms in total. The van der Waals surface area contributed by atoms with Gasteiger partial charge in [-0.05, 0) is 61.1 Å². The number of carbonyl (C=O) groups is 1. The molecule has 1 aliphatic rings. The molecule has 1 saturated heterocycles. The average Bonchev–Trinajstić information content (AvgIpc) is 3.10. The molecule has 3 rings (SSSR count). The van der Waals surface area contributed by atoms with Gasteiger partial charge in [0.05, 0.1) is 18.1 Å². The standard InChI is InChI=1S/C25H33NO5S/c1-5-30-22-9-7-20(8-10-22)15-26(21-12-13-32(28,29)17-21)25(27)16-31-24-14-19(4)6-11-23(24)18(2)3/h6-11,14,18,21H,5,12-13,15-17H2,1-4H3. The molecular formula is C25H33NO5S. The van der Waals surface area contributed by atoms with Crippen LogP contribution < -0.4 is 9.47 Å². The molecule has 0 saturated carbocycles. The van der Waals surface area contributed by atoms with Crippen LogP contribution in [0, 0.1) is 6.92 Å². The van der Waals surface area contributed by atoms with Gasteiger partial charge in [-0.25, -0.2) is 8.42 Å². The monoisotopic (exact) mass is 459 g/mol. The van der Waals surface area contributed by atoms with Gasteiger partial charge in [0.1, 0.15) is 11.5 Å². The van der Waals surface area contributed by atoms with Crippen molar-refractivity contribution in [2.75, 3.05) is 24.7 Å². The number of carbonyl (C=O) groups excluding carboxylic acids is 1. The number of nitrogens with zero attached hydrogens (tertiary/aromatic N) is 1. The molecule has 174 valence electrons. The summed E-state index contributed by atoms with van der Waals surface area (Å²) >= 11 is 0. The maximum absolute atomic E-state index is 13.2. The van der Waals surface area contributed by atoms with Crippen molar-refractivity contribution in [2.45, 2.75) is 52.6 Å².